The number of carbonyl (C=O) groups is 1. The molecule has 0 spiro atoms. The first-order valence-corrected chi connectivity index (χ1v) is 8.61. The van der Waals surface area contributed by atoms with Crippen molar-refractivity contribution in [3.63, 3.8) is 0 Å². The van der Waals surface area contributed by atoms with E-state index in [0.717, 1.165) is 30.5 Å². The van der Waals surface area contributed by atoms with Gasteiger partial charge in [0.1, 0.15) is 0 Å². The van der Waals surface area contributed by atoms with Crippen molar-refractivity contribution in [3.05, 3.63) is 45.2 Å². The second kappa shape index (κ2) is 5.53. The van der Waals surface area contributed by atoms with Gasteiger partial charge in [-0.2, -0.15) is 5.10 Å². The van der Waals surface area contributed by atoms with E-state index in [1.165, 1.54) is 0 Å². The van der Waals surface area contributed by atoms with Crippen molar-refractivity contribution in [3.8, 4) is 5.69 Å². The summed E-state index contributed by atoms with van der Waals surface area (Å²) in [7, 11) is 0. The van der Waals surface area contributed by atoms with Gasteiger partial charge in [-0.1, -0.05) is 23.2 Å². The zero-order valence-corrected chi connectivity index (χ0v) is 14.2. The van der Waals surface area contributed by atoms with Crippen molar-refractivity contribution >= 4 is 29.2 Å². The molecule has 120 valence electrons. The van der Waals surface area contributed by atoms with Gasteiger partial charge in [0.2, 0.25) is 0 Å². The maximum atomic E-state index is 12.6. The maximum Gasteiger partial charge on any atom is 0.357 e. The van der Waals surface area contributed by atoms with Crippen molar-refractivity contribution in [1.82, 2.24) is 9.78 Å². The standard InChI is InChI=1S/C17H16Cl2N2O2/c1-2-23-17(22)16-14-9-3-4-10(7-9)15(14)20-21(16)13-6-5-11(18)8-12(13)19/h5-6,8-10H,2-4,7H2,1H3. The lowest BCUT2D eigenvalue weighted by molar-refractivity contribution is 0.0514. The Labute approximate surface area is 144 Å². The lowest BCUT2D eigenvalue weighted by atomic mass is 9.95. The molecule has 4 rings (SSSR count). The lowest BCUT2D eigenvalue weighted by Crippen LogP contribution is -2.15. The monoisotopic (exact) mass is 350 g/mol. The first-order valence-electron chi connectivity index (χ1n) is 7.85. The smallest absolute Gasteiger partial charge is 0.357 e. The van der Waals surface area contributed by atoms with Crippen LogP contribution in [-0.4, -0.2) is 22.4 Å². The third kappa shape index (κ3) is 2.27. The number of fused-ring (bicyclic) bond motifs is 5. The molecule has 2 aliphatic carbocycles. The molecule has 6 heteroatoms. The fourth-order valence-corrected chi connectivity index (χ4v) is 4.35. The lowest BCUT2D eigenvalue weighted by Gasteiger charge is -2.13. The SMILES string of the molecule is CCOC(=O)c1c2c(nn1-c1ccc(Cl)cc1Cl)C1CCC2C1. The Bertz CT molecular complexity index is 800. The number of hydrogen-bond donors (Lipinski definition) is 0. The zero-order valence-electron chi connectivity index (χ0n) is 12.7. The number of ether oxygens (including phenoxy) is 1. The summed E-state index contributed by atoms with van der Waals surface area (Å²) in [5.41, 5.74) is 3.28. The summed E-state index contributed by atoms with van der Waals surface area (Å²) in [5.74, 6) is 0.532. The summed E-state index contributed by atoms with van der Waals surface area (Å²) in [4.78, 5) is 12.6. The minimum Gasteiger partial charge on any atom is -0.461 e. The molecule has 1 heterocycles. The van der Waals surface area contributed by atoms with Crippen LogP contribution in [0, 0.1) is 0 Å². The molecule has 0 N–H and O–H groups in total. The van der Waals surface area contributed by atoms with Crippen LogP contribution in [0.1, 0.15) is 59.8 Å². The van der Waals surface area contributed by atoms with Crippen LogP contribution in [0.3, 0.4) is 0 Å². The van der Waals surface area contributed by atoms with Crippen LogP contribution in [0.25, 0.3) is 5.69 Å². The fourth-order valence-electron chi connectivity index (χ4n) is 3.87. The highest BCUT2D eigenvalue weighted by Gasteiger charge is 2.44. The van der Waals surface area contributed by atoms with Crippen LogP contribution in [-0.2, 0) is 4.74 Å². The summed E-state index contributed by atoms with van der Waals surface area (Å²) in [6, 6.07) is 5.20. The van der Waals surface area contributed by atoms with E-state index >= 15 is 0 Å². The number of nitrogens with zero attached hydrogens (tertiary/aromatic N) is 2. The van der Waals surface area contributed by atoms with Gasteiger partial charge in [0.15, 0.2) is 5.69 Å². The summed E-state index contributed by atoms with van der Waals surface area (Å²) in [6.07, 6.45) is 3.36. The van der Waals surface area contributed by atoms with Crippen LogP contribution in [0.5, 0.6) is 0 Å². The molecule has 1 aromatic heterocycles. The van der Waals surface area contributed by atoms with Crippen LogP contribution < -0.4 is 0 Å². The van der Waals surface area contributed by atoms with E-state index in [9.17, 15) is 4.79 Å². The molecule has 0 radical (unpaired) electrons. The summed E-state index contributed by atoms with van der Waals surface area (Å²) in [5, 5.41) is 5.75. The highest BCUT2D eigenvalue weighted by Crippen LogP contribution is 2.54. The van der Waals surface area contributed by atoms with Gasteiger partial charge in [-0.3, -0.25) is 0 Å². The molecule has 0 aliphatic heterocycles. The summed E-state index contributed by atoms with van der Waals surface area (Å²) in [6.45, 7) is 2.14. The van der Waals surface area contributed by atoms with E-state index in [1.807, 2.05) is 0 Å². The Morgan fingerprint density at radius 2 is 2.13 bits per heavy atom. The molecular weight excluding hydrogens is 335 g/mol. The molecule has 2 unspecified atom stereocenters. The zero-order chi connectivity index (χ0) is 16.1. The van der Waals surface area contributed by atoms with Gasteiger partial charge >= 0.3 is 5.97 Å². The second-order valence-corrected chi connectivity index (χ2v) is 6.93. The van der Waals surface area contributed by atoms with E-state index in [1.54, 1.807) is 29.8 Å². The molecule has 4 nitrogen and oxygen atoms in total. The molecule has 1 aromatic carbocycles. The topological polar surface area (TPSA) is 44.1 Å². The third-order valence-corrected chi connectivity index (χ3v) is 5.32. The number of benzene rings is 1. The summed E-state index contributed by atoms with van der Waals surface area (Å²) >= 11 is 12.3. The molecule has 2 atom stereocenters. The molecule has 2 aliphatic rings. The van der Waals surface area contributed by atoms with Gasteiger partial charge in [-0.25, -0.2) is 9.48 Å². The molecule has 2 bridgehead atoms. The predicted octanol–water partition coefficient (Wildman–Crippen LogP) is 4.72. The molecular formula is C17H16Cl2N2O2. The van der Waals surface area contributed by atoms with E-state index in [0.29, 0.717) is 39.9 Å². The van der Waals surface area contributed by atoms with Crippen molar-refractivity contribution in [1.29, 1.82) is 0 Å². The van der Waals surface area contributed by atoms with Gasteiger partial charge in [0.05, 0.1) is 23.0 Å². The quantitative estimate of drug-likeness (QED) is 0.752. The van der Waals surface area contributed by atoms with Crippen LogP contribution in [0.15, 0.2) is 18.2 Å². The number of carbonyl (C=O) groups excluding carboxylic acids is 1. The molecule has 0 saturated heterocycles. The number of aromatic nitrogens is 2. The maximum absolute atomic E-state index is 12.6. The van der Waals surface area contributed by atoms with Gasteiger partial charge < -0.3 is 4.74 Å². The normalized spacial score (nSPS) is 21.5. The average Bonchev–Trinajstić information content (AvgIpc) is 3.18. The Morgan fingerprint density at radius 1 is 1.35 bits per heavy atom. The minimum absolute atomic E-state index is 0.334. The average molecular weight is 351 g/mol. The Kier molecular flexibility index (Phi) is 3.62. The van der Waals surface area contributed by atoms with Crippen molar-refractivity contribution in [2.24, 2.45) is 0 Å². The largest absolute Gasteiger partial charge is 0.461 e. The van der Waals surface area contributed by atoms with E-state index in [2.05, 4.69) is 0 Å². The molecule has 0 amide bonds. The number of halogens is 2. The van der Waals surface area contributed by atoms with Crippen LogP contribution >= 0.6 is 23.2 Å². The Balaban J connectivity index is 1.91. The molecule has 23 heavy (non-hydrogen) atoms. The highest BCUT2D eigenvalue weighted by atomic mass is 35.5. The minimum atomic E-state index is -0.334. The Hall–Kier alpha value is -1.52. The van der Waals surface area contributed by atoms with E-state index < -0.39 is 0 Å². The van der Waals surface area contributed by atoms with Crippen molar-refractivity contribution in [2.45, 2.75) is 38.0 Å². The first kappa shape index (κ1) is 15.0. The summed E-state index contributed by atoms with van der Waals surface area (Å²) < 4.78 is 6.92. The van der Waals surface area contributed by atoms with Gasteiger partial charge in [0, 0.05) is 16.5 Å². The predicted molar refractivity (Wildman–Crippen MR) is 88.9 cm³/mol. The van der Waals surface area contributed by atoms with Crippen LogP contribution in [0.2, 0.25) is 10.0 Å². The van der Waals surface area contributed by atoms with E-state index in [4.69, 9.17) is 33.0 Å². The van der Waals surface area contributed by atoms with Crippen molar-refractivity contribution < 1.29 is 9.53 Å². The second-order valence-electron chi connectivity index (χ2n) is 6.08. The van der Waals surface area contributed by atoms with Crippen molar-refractivity contribution in [2.75, 3.05) is 6.61 Å². The Morgan fingerprint density at radius 3 is 2.87 bits per heavy atom. The van der Waals surface area contributed by atoms with Gasteiger partial charge in [0.25, 0.3) is 0 Å². The van der Waals surface area contributed by atoms with Gasteiger partial charge in [-0.15, -0.1) is 0 Å². The number of rotatable bonds is 3. The first-order chi connectivity index (χ1) is 11.1. The third-order valence-electron chi connectivity index (χ3n) is 4.78. The number of esters is 1. The fraction of sp³-hybridized carbons (Fsp3) is 0.412. The van der Waals surface area contributed by atoms with E-state index in [-0.39, 0.29) is 5.97 Å². The highest BCUT2D eigenvalue weighted by molar-refractivity contribution is 6.35. The van der Waals surface area contributed by atoms with Gasteiger partial charge in [-0.05, 0) is 50.3 Å². The molecule has 2 aromatic rings. The molecule has 1 fully saturated rings. The number of hydrogen-bond acceptors (Lipinski definition) is 3. The van der Waals surface area contributed by atoms with Crippen LogP contribution in [0.4, 0.5) is 0 Å². The molecule has 1 saturated carbocycles.